The first kappa shape index (κ1) is 21.6. The number of hydrogen-bond acceptors (Lipinski definition) is 6. The van der Waals surface area contributed by atoms with Crippen LogP contribution in [-0.4, -0.2) is 22.9 Å². The Labute approximate surface area is 201 Å². The SMILES string of the molecule is CN(NC(=O)c1csc(-c2ccccc2OCc2ccccc2)n1)c1ccc2ccccc2n1. The molecule has 3 aromatic carbocycles. The maximum absolute atomic E-state index is 12.9. The molecule has 34 heavy (non-hydrogen) atoms. The van der Waals surface area contributed by atoms with E-state index in [1.165, 1.54) is 11.3 Å². The van der Waals surface area contributed by atoms with Crippen molar-refractivity contribution in [1.29, 1.82) is 0 Å². The highest BCUT2D eigenvalue weighted by atomic mass is 32.1. The van der Waals surface area contributed by atoms with Gasteiger partial charge in [-0.2, -0.15) is 0 Å². The number of benzene rings is 3. The largest absolute Gasteiger partial charge is 0.488 e. The third-order valence-corrected chi connectivity index (χ3v) is 6.16. The summed E-state index contributed by atoms with van der Waals surface area (Å²) in [6, 6.07) is 29.4. The average Bonchev–Trinajstić information content (AvgIpc) is 3.38. The fourth-order valence-electron chi connectivity index (χ4n) is 3.52. The van der Waals surface area contributed by atoms with Crippen molar-refractivity contribution in [3.63, 3.8) is 0 Å². The first-order chi connectivity index (χ1) is 16.7. The van der Waals surface area contributed by atoms with Gasteiger partial charge in [-0.3, -0.25) is 15.2 Å². The molecule has 6 nitrogen and oxygen atoms in total. The lowest BCUT2D eigenvalue weighted by molar-refractivity contribution is 0.0947. The average molecular weight is 467 g/mol. The molecule has 168 valence electrons. The molecule has 0 aliphatic carbocycles. The normalized spacial score (nSPS) is 10.7. The van der Waals surface area contributed by atoms with E-state index in [-0.39, 0.29) is 5.91 Å². The number of para-hydroxylation sites is 2. The highest BCUT2D eigenvalue weighted by Gasteiger charge is 2.16. The molecule has 0 unspecified atom stereocenters. The molecule has 7 heteroatoms. The maximum atomic E-state index is 12.9. The fourth-order valence-corrected chi connectivity index (χ4v) is 4.34. The van der Waals surface area contributed by atoms with Gasteiger partial charge in [0.05, 0.1) is 11.1 Å². The van der Waals surface area contributed by atoms with Crippen LogP contribution < -0.4 is 15.2 Å². The fraction of sp³-hybridized carbons (Fsp3) is 0.0741. The molecule has 0 aliphatic rings. The first-order valence-corrected chi connectivity index (χ1v) is 11.7. The quantitative estimate of drug-likeness (QED) is 0.311. The van der Waals surface area contributed by atoms with Crippen LogP contribution in [0.5, 0.6) is 5.75 Å². The number of pyridine rings is 1. The number of carbonyl (C=O) groups excluding carboxylic acids is 1. The van der Waals surface area contributed by atoms with E-state index in [0.717, 1.165) is 32.8 Å². The highest BCUT2D eigenvalue weighted by molar-refractivity contribution is 7.13. The van der Waals surface area contributed by atoms with Crippen molar-refractivity contribution in [2.45, 2.75) is 6.61 Å². The van der Waals surface area contributed by atoms with Crippen LogP contribution in [0.25, 0.3) is 21.5 Å². The molecule has 5 aromatic rings. The van der Waals surface area contributed by atoms with E-state index in [1.807, 2.05) is 91.0 Å². The molecular weight excluding hydrogens is 444 g/mol. The Morgan fingerprint density at radius 3 is 2.56 bits per heavy atom. The standard InChI is InChI=1S/C27H22N4O2S/c1-31(25-16-15-20-11-5-7-13-22(20)28-25)30-26(32)23-18-34-27(29-23)21-12-6-8-14-24(21)33-17-19-9-3-2-4-10-19/h2-16,18H,17H2,1H3,(H,30,32). The van der Waals surface area contributed by atoms with Gasteiger partial charge in [0.25, 0.3) is 5.91 Å². The molecule has 2 aromatic heterocycles. The minimum Gasteiger partial charge on any atom is -0.488 e. The van der Waals surface area contributed by atoms with Gasteiger partial charge in [0, 0.05) is 17.8 Å². The number of nitrogens with zero attached hydrogens (tertiary/aromatic N) is 3. The number of ether oxygens (including phenoxy) is 1. The molecule has 0 saturated carbocycles. The van der Waals surface area contributed by atoms with Gasteiger partial charge in [0.15, 0.2) is 0 Å². The number of anilines is 1. The minimum absolute atomic E-state index is 0.303. The third kappa shape index (κ3) is 4.74. The number of hydrazine groups is 1. The monoisotopic (exact) mass is 466 g/mol. The zero-order valence-corrected chi connectivity index (χ0v) is 19.3. The van der Waals surface area contributed by atoms with Gasteiger partial charge in [-0.1, -0.05) is 60.7 Å². The lowest BCUT2D eigenvalue weighted by Crippen LogP contribution is -2.40. The predicted molar refractivity (Wildman–Crippen MR) is 136 cm³/mol. The van der Waals surface area contributed by atoms with E-state index in [9.17, 15) is 4.79 Å². The van der Waals surface area contributed by atoms with Crippen LogP contribution in [-0.2, 0) is 6.61 Å². The molecule has 0 aliphatic heterocycles. The van der Waals surface area contributed by atoms with Gasteiger partial charge in [-0.15, -0.1) is 11.3 Å². The van der Waals surface area contributed by atoms with Crippen LogP contribution in [0.15, 0.2) is 96.4 Å². The second-order valence-corrected chi connectivity index (χ2v) is 8.53. The molecule has 0 radical (unpaired) electrons. The zero-order valence-electron chi connectivity index (χ0n) is 18.5. The van der Waals surface area contributed by atoms with Crippen LogP contribution in [0, 0.1) is 0 Å². The van der Waals surface area contributed by atoms with Gasteiger partial charge < -0.3 is 4.74 Å². The lowest BCUT2D eigenvalue weighted by atomic mass is 10.2. The van der Waals surface area contributed by atoms with Gasteiger partial charge in [0.1, 0.15) is 28.9 Å². The Kier molecular flexibility index (Phi) is 6.18. The Morgan fingerprint density at radius 2 is 1.68 bits per heavy atom. The summed E-state index contributed by atoms with van der Waals surface area (Å²) in [4.78, 5) is 22.0. The molecule has 0 spiro atoms. The van der Waals surface area contributed by atoms with Gasteiger partial charge >= 0.3 is 0 Å². The summed E-state index contributed by atoms with van der Waals surface area (Å²) in [7, 11) is 1.76. The summed E-state index contributed by atoms with van der Waals surface area (Å²) >= 11 is 1.41. The minimum atomic E-state index is -0.303. The van der Waals surface area contributed by atoms with E-state index in [4.69, 9.17) is 4.74 Å². The zero-order chi connectivity index (χ0) is 23.3. The van der Waals surface area contributed by atoms with Crippen LogP contribution in [0.3, 0.4) is 0 Å². The van der Waals surface area contributed by atoms with E-state index < -0.39 is 0 Å². The van der Waals surface area contributed by atoms with Crippen molar-refractivity contribution >= 4 is 34.0 Å². The maximum Gasteiger partial charge on any atom is 0.289 e. The highest BCUT2D eigenvalue weighted by Crippen LogP contribution is 2.32. The molecule has 0 saturated heterocycles. The number of amides is 1. The second-order valence-electron chi connectivity index (χ2n) is 7.67. The van der Waals surface area contributed by atoms with E-state index in [2.05, 4.69) is 15.4 Å². The smallest absolute Gasteiger partial charge is 0.289 e. The molecular formula is C27H22N4O2S. The Morgan fingerprint density at radius 1 is 0.912 bits per heavy atom. The van der Waals surface area contributed by atoms with Crippen molar-refractivity contribution in [2.75, 3.05) is 12.1 Å². The lowest BCUT2D eigenvalue weighted by Gasteiger charge is -2.18. The van der Waals surface area contributed by atoms with Crippen molar-refractivity contribution in [1.82, 2.24) is 15.4 Å². The molecule has 0 fully saturated rings. The van der Waals surface area contributed by atoms with E-state index in [1.54, 1.807) is 17.4 Å². The van der Waals surface area contributed by atoms with Crippen LogP contribution in [0.2, 0.25) is 0 Å². The van der Waals surface area contributed by atoms with Gasteiger partial charge in [-0.05, 0) is 35.9 Å². The molecule has 0 atom stereocenters. The van der Waals surface area contributed by atoms with Crippen molar-refractivity contribution in [3.8, 4) is 16.3 Å². The van der Waals surface area contributed by atoms with Crippen molar-refractivity contribution < 1.29 is 9.53 Å². The summed E-state index contributed by atoms with van der Waals surface area (Å²) in [5, 5.41) is 5.12. The summed E-state index contributed by atoms with van der Waals surface area (Å²) in [6.45, 7) is 0.458. The summed E-state index contributed by atoms with van der Waals surface area (Å²) in [5.41, 5.74) is 5.99. The Balaban J connectivity index is 1.30. The van der Waals surface area contributed by atoms with Crippen LogP contribution in [0.1, 0.15) is 16.1 Å². The van der Waals surface area contributed by atoms with Crippen molar-refractivity contribution in [2.24, 2.45) is 0 Å². The predicted octanol–water partition coefficient (Wildman–Crippen LogP) is 5.72. The first-order valence-electron chi connectivity index (χ1n) is 10.8. The van der Waals surface area contributed by atoms with E-state index >= 15 is 0 Å². The van der Waals surface area contributed by atoms with Gasteiger partial charge in [0.2, 0.25) is 0 Å². The van der Waals surface area contributed by atoms with Crippen LogP contribution in [0.4, 0.5) is 5.82 Å². The summed E-state index contributed by atoms with van der Waals surface area (Å²) < 4.78 is 6.05. The summed E-state index contributed by atoms with van der Waals surface area (Å²) in [5.74, 6) is 1.06. The summed E-state index contributed by atoms with van der Waals surface area (Å²) in [6.07, 6.45) is 0. The molecule has 5 rings (SSSR count). The van der Waals surface area contributed by atoms with Gasteiger partial charge in [-0.25, -0.2) is 9.97 Å². The third-order valence-electron chi connectivity index (χ3n) is 5.29. The second kappa shape index (κ2) is 9.72. The Hall–Kier alpha value is -4.23. The number of rotatable bonds is 7. The number of thiazole rings is 1. The molecule has 1 amide bonds. The number of fused-ring (bicyclic) bond motifs is 1. The topological polar surface area (TPSA) is 67.4 Å². The molecule has 1 N–H and O–H groups in total. The van der Waals surface area contributed by atoms with Crippen LogP contribution >= 0.6 is 11.3 Å². The molecule has 2 heterocycles. The van der Waals surface area contributed by atoms with E-state index in [0.29, 0.717) is 18.1 Å². The van der Waals surface area contributed by atoms with Crippen molar-refractivity contribution in [3.05, 3.63) is 108 Å². The number of carbonyl (C=O) groups is 1. The number of aromatic nitrogens is 2. The Bertz CT molecular complexity index is 1440. The number of nitrogens with one attached hydrogen (secondary N) is 1. The molecule has 0 bridgehead atoms. The number of hydrogen-bond donors (Lipinski definition) is 1.